The Labute approximate surface area is 151 Å². The molecule has 1 aromatic rings. The van der Waals surface area contributed by atoms with Gasteiger partial charge in [-0.3, -0.25) is 4.79 Å². The molecule has 0 bridgehead atoms. The van der Waals surface area contributed by atoms with Crippen molar-refractivity contribution in [3.8, 4) is 0 Å². The standard InChI is InChI=1S/C19H22N2O5/c22-18-13(7-11-17(20-18)21-24)6-8-15-9-10-16(26-15)12-25-19(23)14-4-2-1-3-5-14/h1-5,7,11,13,15-16,24H,6,8-10,12H2,(H,20,21,22)/t13?,15-,16-/m0/s1. The van der Waals surface area contributed by atoms with Crippen molar-refractivity contribution in [1.29, 1.82) is 0 Å². The van der Waals surface area contributed by atoms with Crippen LogP contribution in [0.25, 0.3) is 0 Å². The molecular weight excluding hydrogens is 336 g/mol. The Kier molecular flexibility index (Phi) is 6.01. The maximum absolute atomic E-state index is 11.9. The molecule has 138 valence electrons. The first-order chi connectivity index (χ1) is 12.7. The van der Waals surface area contributed by atoms with E-state index in [-0.39, 0.29) is 42.4 Å². The summed E-state index contributed by atoms with van der Waals surface area (Å²) >= 11 is 0. The summed E-state index contributed by atoms with van der Waals surface area (Å²) in [6.45, 7) is 0.240. The van der Waals surface area contributed by atoms with Crippen molar-refractivity contribution < 1.29 is 24.3 Å². The zero-order valence-electron chi connectivity index (χ0n) is 14.3. The number of carbonyl (C=O) groups is 2. The average Bonchev–Trinajstić information content (AvgIpc) is 3.13. The number of amides is 1. The van der Waals surface area contributed by atoms with E-state index >= 15 is 0 Å². The van der Waals surface area contributed by atoms with Crippen LogP contribution in [0, 0.1) is 5.92 Å². The van der Waals surface area contributed by atoms with Crippen LogP contribution in [0.1, 0.15) is 36.0 Å². The van der Waals surface area contributed by atoms with E-state index in [1.165, 1.54) is 0 Å². The lowest BCUT2D eigenvalue weighted by molar-refractivity contribution is -0.122. The van der Waals surface area contributed by atoms with Gasteiger partial charge in [-0.2, -0.15) is 0 Å². The third kappa shape index (κ3) is 4.70. The molecule has 7 heteroatoms. The number of rotatable bonds is 6. The lowest BCUT2D eigenvalue weighted by Gasteiger charge is -2.19. The molecule has 7 nitrogen and oxygen atoms in total. The van der Waals surface area contributed by atoms with Gasteiger partial charge in [-0.1, -0.05) is 29.4 Å². The monoisotopic (exact) mass is 358 g/mol. The van der Waals surface area contributed by atoms with Gasteiger partial charge in [0.15, 0.2) is 5.84 Å². The predicted molar refractivity (Wildman–Crippen MR) is 93.8 cm³/mol. The quantitative estimate of drug-likeness (QED) is 0.462. The van der Waals surface area contributed by atoms with Crippen molar-refractivity contribution in [3.05, 3.63) is 48.0 Å². The highest BCUT2D eigenvalue weighted by Crippen LogP contribution is 2.26. The van der Waals surface area contributed by atoms with Gasteiger partial charge in [-0.15, -0.1) is 0 Å². The molecular formula is C19H22N2O5. The first kappa shape index (κ1) is 18.1. The largest absolute Gasteiger partial charge is 0.459 e. The van der Waals surface area contributed by atoms with Crippen LogP contribution >= 0.6 is 0 Å². The molecule has 1 aromatic carbocycles. The fourth-order valence-electron chi connectivity index (χ4n) is 3.15. The van der Waals surface area contributed by atoms with Crippen LogP contribution in [0.15, 0.2) is 47.6 Å². The number of amidine groups is 1. The summed E-state index contributed by atoms with van der Waals surface area (Å²) in [7, 11) is 0. The van der Waals surface area contributed by atoms with E-state index < -0.39 is 0 Å². The third-order valence-electron chi connectivity index (χ3n) is 4.59. The van der Waals surface area contributed by atoms with E-state index in [1.807, 2.05) is 6.07 Å². The number of esters is 1. The van der Waals surface area contributed by atoms with Gasteiger partial charge in [0.2, 0.25) is 5.91 Å². The maximum Gasteiger partial charge on any atom is 0.338 e. The SMILES string of the molecule is O=C(OC[C@@H]1CC[C@H](CCC2C=C/C(=N\O)NC2=O)O1)c1ccccc1. The average molecular weight is 358 g/mol. The number of hydrogen-bond acceptors (Lipinski definition) is 6. The molecule has 0 radical (unpaired) electrons. The highest BCUT2D eigenvalue weighted by Gasteiger charge is 2.28. The summed E-state index contributed by atoms with van der Waals surface area (Å²) in [5, 5.41) is 14.1. The molecule has 3 atom stereocenters. The van der Waals surface area contributed by atoms with Gasteiger partial charge >= 0.3 is 5.97 Å². The van der Waals surface area contributed by atoms with Crippen LogP contribution in [0.5, 0.6) is 0 Å². The van der Waals surface area contributed by atoms with Gasteiger partial charge in [-0.25, -0.2) is 4.79 Å². The predicted octanol–water partition coefficient (Wildman–Crippen LogP) is 2.26. The van der Waals surface area contributed by atoms with Crippen LogP contribution in [0.2, 0.25) is 0 Å². The van der Waals surface area contributed by atoms with Gasteiger partial charge in [-0.05, 0) is 43.9 Å². The molecule has 26 heavy (non-hydrogen) atoms. The van der Waals surface area contributed by atoms with Crippen LogP contribution < -0.4 is 5.32 Å². The molecule has 1 fully saturated rings. The number of carbonyl (C=O) groups excluding carboxylic acids is 2. The summed E-state index contributed by atoms with van der Waals surface area (Å²) in [6.07, 6.45) is 6.41. The van der Waals surface area contributed by atoms with Gasteiger partial charge in [0.25, 0.3) is 0 Å². The van der Waals surface area contributed by atoms with Crippen molar-refractivity contribution in [3.63, 3.8) is 0 Å². The van der Waals surface area contributed by atoms with Crippen molar-refractivity contribution >= 4 is 17.7 Å². The normalized spacial score (nSPS) is 26.7. The fourth-order valence-corrected chi connectivity index (χ4v) is 3.15. The zero-order chi connectivity index (χ0) is 18.4. The van der Waals surface area contributed by atoms with Crippen LogP contribution in [0.3, 0.4) is 0 Å². The Hall–Kier alpha value is -2.67. The van der Waals surface area contributed by atoms with E-state index in [0.29, 0.717) is 12.0 Å². The highest BCUT2D eigenvalue weighted by atomic mass is 16.6. The molecule has 1 unspecified atom stereocenters. The smallest absolute Gasteiger partial charge is 0.338 e. The van der Waals surface area contributed by atoms with Crippen molar-refractivity contribution in [2.45, 2.75) is 37.9 Å². The Bertz CT molecular complexity index is 701. The Balaban J connectivity index is 1.39. The Morgan fingerprint density at radius 3 is 2.73 bits per heavy atom. The van der Waals surface area contributed by atoms with Gasteiger partial charge < -0.3 is 20.0 Å². The molecule has 2 aliphatic heterocycles. The maximum atomic E-state index is 11.9. The summed E-state index contributed by atoms with van der Waals surface area (Å²) in [4.78, 5) is 23.8. The third-order valence-corrected chi connectivity index (χ3v) is 4.59. The number of hydrogen-bond donors (Lipinski definition) is 2. The molecule has 1 amide bonds. The summed E-state index contributed by atoms with van der Waals surface area (Å²) in [5.41, 5.74) is 0.530. The van der Waals surface area contributed by atoms with Crippen molar-refractivity contribution in [2.24, 2.45) is 11.1 Å². The zero-order valence-corrected chi connectivity index (χ0v) is 14.3. The summed E-state index contributed by atoms with van der Waals surface area (Å²) < 4.78 is 11.2. The molecule has 0 spiro atoms. The minimum Gasteiger partial charge on any atom is -0.459 e. The van der Waals surface area contributed by atoms with E-state index in [4.69, 9.17) is 14.7 Å². The molecule has 2 aliphatic rings. The number of nitrogens with one attached hydrogen (secondary N) is 1. The molecule has 0 aliphatic carbocycles. The van der Waals surface area contributed by atoms with Gasteiger partial charge in [0, 0.05) is 0 Å². The Morgan fingerprint density at radius 1 is 1.23 bits per heavy atom. The first-order valence-corrected chi connectivity index (χ1v) is 8.74. The van der Waals surface area contributed by atoms with Crippen molar-refractivity contribution in [1.82, 2.24) is 5.32 Å². The molecule has 1 saturated heterocycles. The minimum atomic E-state index is -0.344. The fraction of sp³-hybridized carbons (Fsp3) is 0.421. The molecule has 0 saturated carbocycles. The number of nitrogens with zero attached hydrogens (tertiary/aromatic N) is 1. The van der Waals surface area contributed by atoms with E-state index in [9.17, 15) is 9.59 Å². The second-order valence-electron chi connectivity index (χ2n) is 6.44. The van der Waals surface area contributed by atoms with Gasteiger partial charge in [0.05, 0.1) is 23.7 Å². The lowest BCUT2D eigenvalue weighted by Crippen LogP contribution is -2.37. The first-order valence-electron chi connectivity index (χ1n) is 8.74. The van der Waals surface area contributed by atoms with Crippen LogP contribution in [0.4, 0.5) is 0 Å². The number of benzene rings is 1. The summed E-state index contributed by atoms with van der Waals surface area (Å²) in [6, 6.07) is 8.88. The second kappa shape index (κ2) is 8.62. The highest BCUT2D eigenvalue weighted by molar-refractivity contribution is 6.07. The summed E-state index contributed by atoms with van der Waals surface area (Å²) in [5.74, 6) is -0.614. The second-order valence-corrected chi connectivity index (χ2v) is 6.44. The molecule has 2 heterocycles. The molecule has 3 rings (SSSR count). The lowest BCUT2D eigenvalue weighted by atomic mass is 9.96. The molecule has 0 aromatic heterocycles. The van der Waals surface area contributed by atoms with E-state index in [2.05, 4.69) is 10.5 Å². The Morgan fingerprint density at radius 2 is 2.00 bits per heavy atom. The minimum absolute atomic E-state index is 0.0598. The van der Waals surface area contributed by atoms with Crippen LogP contribution in [-0.2, 0) is 14.3 Å². The molecule has 2 N–H and O–H groups in total. The number of ether oxygens (including phenoxy) is 2. The number of oxime groups is 1. The van der Waals surface area contributed by atoms with Crippen LogP contribution in [-0.4, -0.2) is 41.7 Å². The van der Waals surface area contributed by atoms with Gasteiger partial charge in [0.1, 0.15) is 6.61 Å². The van der Waals surface area contributed by atoms with E-state index in [0.717, 1.165) is 19.3 Å². The van der Waals surface area contributed by atoms with E-state index in [1.54, 1.807) is 36.4 Å². The topological polar surface area (TPSA) is 97.2 Å². The van der Waals surface area contributed by atoms with Crippen molar-refractivity contribution in [2.75, 3.05) is 6.61 Å².